The SMILES string of the molecule is O=C(Nc1cccnc1N1CCCC1)c1ccc(N2CCc3ccccc3C2)cc1. The third kappa shape index (κ3) is 3.75. The van der Waals surface area contributed by atoms with Crippen LogP contribution in [-0.2, 0) is 13.0 Å². The van der Waals surface area contributed by atoms with E-state index >= 15 is 0 Å². The number of carbonyl (C=O) groups is 1. The molecule has 1 amide bonds. The van der Waals surface area contributed by atoms with Gasteiger partial charge < -0.3 is 15.1 Å². The van der Waals surface area contributed by atoms with Gasteiger partial charge in [0.05, 0.1) is 5.69 Å². The number of hydrogen-bond donors (Lipinski definition) is 1. The van der Waals surface area contributed by atoms with Crippen molar-refractivity contribution in [2.75, 3.05) is 34.8 Å². The molecule has 2 aliphatic heterocycles. The van der Waals surface area contributed by atoms with E-state index in [0.29, 0.717) is 5.56 Å². The molecule has 0 aliphatic carbocycles. The molecule has 1 aromatic heterocycles. The molecule has 152 valence electrons. The van der Waals surface area contributed by atoms with Crippen LogP contribution >= 0.6 is 0 Å². The summed E-state index contributed by atoms with van der Waals surface area (Å²) in [6.45, 7) is 3.90. The molecule has 5 heteroatoms. The van der Waals surface area contributed by atoms with Gasteiger partial charge in [-0.15, -0.1) is 0 Å². The number of aromatic nitrogens is 1. The summed E-state index contributed by atoms with van der Waals surface area (Å²) in [4.78, 5) is 22.0. The van der Waals surface area contributed by atoms with E-state index in [2.05, 4.69) is 44.4 Å². The molecule has 3 heterocycles. The van der Waals surface area contributed by atoms with Crippen LogP contribution in [0.15, 0.2) is 66.9 Å². The molecular formula is C25H26N4O. The Kier molecular flexibility index (Phi) is 5.10. The van der Waals surface area contributed by atoms with Crippen LogP contribution in [0.25, 0.3) is 0 Å². The monoisotopic (exact) mass is 398 g/mol. The van der Waals surface area contributed by atoms with Gasteiger partial charge in [0.1, 0.15) is 0 Å². The van der Waals surface area contributed by atoms with Gasteiger partial charge in [0.25, 0.3) is 5.91 Å². The van der Waals surface area contributed by atoms with E-state index in [1.807, 2.05) is 36.4 Å². The number of nitrogens with one attached hydrogen (secondary N) is 1. The highest BCUT2D eigenvalue weighted by Crippen LogP contribution is 2.28. The predicted molar refractivity (Wildman–Crippen MR) is 121 cm³/mol. The highest BCUT2D eigenvalue weighted by atomic mass is 16.1. The predicted octanol–water partition coefficient (Wildman–Crippen LogP) is 4.50. The Hall–Kier alpha value is -3.34. The van der Waals surface area contributed by atoms with E-state index in [1.54, 1.807) is 6.20 Å². The van der Waals surface area contributed by atoms with Gasteiger partial charge in [0.15, 0.2) is 5.82 Å². The summed E-state index contributed by atoms with van der Waals surface area (Å²) < 4.78 is 0. The minimum Gasteiger partial charge on any atom is -0.367 e. The normalized spacial score (nSPS) is 15.7. The maximum Gasteiger partial charge on any atom is 0.255 e. The van der Waals surface area contributed by atoms with Crippen molar-refractivity contribution in [3.63, 3.8) is 0 Å². The van der Waals surface area contributed by atoms with Gasteiger partial charge in [0, 0.05) is 43.6 Å². The summed E-state index contributed by atoms with van der Waals surface area (Å²) in [5.41, 5.74) is 5.42. The fraction of sp³-hybridized carbons (Fsp3) is 0.280. The Morgan fingerprint density at radius 3 is 2.40 bits per heavy atom. The fourth-order valence-electron chi connectivity index (χ4n) is 4.41. The summed E-state index contributed by atoms with van der Waals surface area (Å²) in [5, 5.41) is 3.06. The summed E-state index contributed by atoms with van der Waals surface area (Å²) in [5.74, 6) is 0.769. The van der Waals surface area contributed by atoms with Gasteiger partial charge in [-0.1, -0.05) is 24.3 Å². The number of hydrogen-bond acceptors (Lipinski definition) is 4. The van der Waals surface area contributed by atoms with E-state index in [0.717, 1.165) is 49.8 Å². The molecule has 0 spiro atoms. The first-order chi connectivity index (χ1) is 14.8. The molecule has 30 heavy (non-hydrogen) atoms. The molecule has 1 N–H and O–H groups in total. The number of amides is 1. The summed E-state index contributed by atoms with van der Waals surface area (Å²) in [6, 6.07) is 20.4. The van der Waals surface area contributed by atoms with Crippen LogP contribution < -0.4 is 15.1 Å². The van der Waals surface area contributed by atoms with Crippen molar-refractivity contribution in [2.45, 2.75) is 25.8 Å². The lowest BCUT2D eigenvalue weighted by atomic mass is 9.99. The van der Waals surface area contributed by atoms with E-state index in [1.165, 1.54) is 24.0 Å². The zero-order valence-corrected chi connectivity index (χ0v) is 17.1. The molecule has 0 bridgehead atoms. The Morgan fingerprint density at radius 1 is 0.833 bits per heavy atom. The first kappa shape index (κ1) is 18.7. The van der Waals surface area contributed by atoms with Crippen molar-refractivity contribution in [1.29, 1.82) is 0 Å². The minimum absolute atomic E-state index is 0.0982. The molecule has 0 radical (unpaired) electrons. The summed E-state index contributed by atoms with van der Waals surface area (Å²) >= 11 is 0. The molecule has 1 fully saturated rings. The lowest BCUT2D eigenvalue weighted by Crippen LogP contribution is -2.30. The maximum absolute atomic E-state index is 12.9. The zero-order valence-electron chi connectivity index (χ0n) is 17.1. The number of fused-ring (bicyclic) bond motifs is 1. The van der Waals surface area contributed by atoms with Gasteiger partial charge >= 0.3 is 0 Å². The van der Waals surface area contributed by atoms with Crippen LogP contribution in [0.2, 0.25) is 0 Å². The van der Waals surface area contributed by atoms with Gasteiger partial charge in [-0.25, -0.2) is 4.98 Å². The van der Waals surface area contributed by atoms with E-state index in [4.69, 9.17) is 0 Å². The molecule has 2 aliphatic rings. The Balaban J connectivity index is 1.29. The zero-order chi connectivity index (χ0) is 20.3. The third-order valence-electron chi connectivity index (χ3n) is 6.07. The lowest BCUT2D eigenvalue weighted by Gasteiger charge is -2.30. The minimum atomic E-state index is -0.0982. The van der Waals surface area contributed by atoms with Crippen LogP contribution in [0.1, 0.15) is 34.3 Å². The van der Waals surface area contributed by atoms with Crippen LogP contribution in [0.4, 0.5) is 17.2 Å². The molecular weight excluding hydrogens is 372 g/mol. The Morgan fingerprint density at radius 2 is 1.60 bits per heavy atom. The molecule has 5 rings (SSSR count). The summed E-state index contributed by atoms with van der Waals surface area (Å²) in [6.07, 6.45) is 5.19. The van der Waals surface area contributed by atoms with Crippen molar-refractivity contribution in [3.8, 4) is 0 Å². The van der Waals surface area contributed by atoms with Crippen LogP contribution in [-0.4, -0.2) is 30.5 Å². The lowest BCUT2D eigenvalue weighted by molar-refractivity contribution is 0.102. The van der Waals surface area contributed by atoms with E-state index in [9.17, 15) is 4.79 Å². The number of pyridine rings is 1. The second kappa shape index (κ2) is 8.19. The van der Waals surface area contributed by atoms with Gasteiger partial charge in [-0.2, -0.15) is 0 Å². The number of nitrogens with zero attached hydrogens (tertiary/aromatic N) is 3. The topological polar surface area (TPSA) is 48.5 Å². The van der Waals surface area contributed by atoms with Crippen LogP contribution in [0.3, 0.4) is 0 Å². The second-order valence-corrected chi connectivity index (χ2v) is 8.01. The van der Waals surface area contributed by atoms with Crippen LogP contribution in [0.5, 0.6) is 0 Å². The number of carbonyl (C=O) groups excluding carboxylic acids is 1. The van der Waals surface area contributed by atoms with Gasteiger partial charge in [-0.3, -0.25) is 4.79 Å². The first-order valence-corrected chi connectivity index (χ1v) is 10.7. The first-order valence-electron chi connectivity index (χ1n) is 10.7. The Bertz CT molecular complexity index is 1040. The van der Waals surface area contributed by atoms with Crippen molar-refractivity contribution < 1.29 is 4.79 Å². The highest BCUT2D eigenvalue weighted by Gasteiger charge is 2.19. The van der Waals surface area contributed by atoms with E-state index in [-0.39, 0.29) is 5.91 Å². The van der Waals surface area contributed by atoms with Crippen molar-refractivity contribution >= 4 is 23.1 Å². The van der Waals surface area contributed by atoms with Crippen molar-refractivity contribution in [2.24, 2.45) is 0 Å². The standard InChI is InChI=1S/C25H26N4O/c30-25(27-23-8-5-14-26-24(23)28-15-3-4-16-28)20-9-11-22(12-10-20)29-17-13-19-6-1-2-7-21(19)18-29/h1-2,5-12,14H,3-4,13,15-18H2,(H,27,30). The molecule has 1 saturated heterocycles. The highest BCUT2D eigenvalue weighted by molar-refractivity contribution is 6.05. The van der Waals surface area contributed by atoms with Crippen molar-refractivity contribution in [1.82, 2.24) is 4.98 Å². The van der Waals surface area contributed by atoms with Gasteiger partial charge in [0.2, 0.25) is 0 Å². The number of rotatable bonds is 4. The van der Waals surface area contributed by atoms with Crippen LogP contribution in [0, 0.1) is 0 Å². The maximum atomic E-state index is 12.9. The average molecular weight is 399 g/mol. The molecule has 5 nitrogen and oxygen atoms in total. The van der Waals surface area contributed by atoms with E-state index < -0.39 is 0 Å². The molecule has 0 atom stereocenters. The third-order valence-corrected chi connectivity index (χ3v) is 6.07. The molecule has 0 saturated carbocycles. The fourth-order valence-corrected chi connectivity index (χ4v) is 4.41. The summed E-state index contributed by atoms with van der Waals surface area (Å²) in [7, 11) is 0. The largest absolute Gasteiger partial charge is 0.367 e. The average Bonchev–Trinajstić information content (AvgIpc) is 3.34. The van der Waals surface area contributed by atoms with Crippen molar-refractivity contribution in [3.05, 3.63) is 83.6 Å². The molecule has 2 aromatic carbocycles. The number of anilines is 3. The van der Waals surface area contributed by atoms with Gasteiger partial charge in [-0.05, 0) is 66.8 Å². The molecule has 0 unspecified atom stereocenters. The Labute approximate surface area is 177 Å². The number of benzene rings is 2. The quantitative estimate of drug-likeness (QED) is 0.703. The smallest absolute Gasteiger partial charge is 0.255 e. The molecule has 3 aromatic rings. The second-order valence-electron chi connectivity index (χ2n) is 8.01.